The number of hydrogen-bond donors (Lipinski definition) is 1. The lowest BCUT2D eigenvalue weighted by molar-refractivity contribution is -0.149. The highest BCUT2D eigenvalue weighted by Gasteiger charge is 2.39. The van der Waals surface area contributed by atoms with E-state index in [0.717, 1.165) is 0 Å². The normalized spacial score (nSPS) is 23.1. The van der Waals surface area contributed by atoms with Crippen LogP contribution in [0.3, 0.4) is 0 Å². The summed E-state index contributed by atoms with van der Waals surface area (Å²) < 4.78 is 5.28. The van der Waals surface area contributed by atoms with Crippen LogP contribution in [-0.4, -0.2) is 71.1 Å². The first kappa shape index (κ1) is 16.7. The maximum atomic E-state index is 12.7. The van der Waals surface area contributed by atoms with Crippen molar-refractivity contribution < 1.29 is 24.2 Å². The van der Waals surface area contributed by atoms with Crippen molar-refractivity contribution in [3.63, 3.8) is 0 Å². The van der Waals surface area contributed by atoms with E-state index in [1.54, 1.807) is 4.90 Å². The Morgan fingerprint density at radius 3 is 2.50 bits per heavy atom. The average molecular weight is 312 g/mol. The Bertz CT molecular complexity index is 445. The Labute approximate surface area is 130 Å². The molecule has 2 rings (SSSR count). The lowest BCUT2D eigenvalue weighted by Crippen LogP contribution is -2.49. The van der Waals surface area contributed by atoms with Crippen molar-refractivity contribution in [1.29, 1.82) is 0 Å². The lowest BCUT2D eigenvalue weighted by Gasteiger charge is -2.34. The van der Waals surface area contributed by atoms with Gasteiger partial charge in [-0.1, -0.05) is 0 Å². The third-order valence-electron chi connectivity index (χ3n) is 4.35. The number of likely N-dealkylation sites (tertiary alicyclic amines) is 1. The predicted molar refractivity (Wildman–Crippen MR) is 78.1 cm³/mol. The van der Waals surface area contributed by atoms with Crippen molar-refractivity contribution >= 4 is 17.8 Å². The van der Waals surface area contributed by atoms with Crippen LogP contribution in [0.4, 0.5) is 0 Å². The number of carbonyl (C=O) groups is 3. The van der Waals surface area contributed by atoms with Crippen molar-refractivity contribution in [2.75, 3.05) is 26.3 Å². The van der Waals surface area contributed by atoms with Crippen molar-refractivity contribution in [2.45, 2.75) is 45.2 Å². The molecule has 2 heterocycles. The van der Waals surface area contributed by atoms with Gasteiger partial charge in [0.15, 0.2) is 0 Å². The number of carboxylic acids is 1. The molecule has 7 nitrogen and oxygen atoms in total. The molecule has 2 aliphatic rings. The largest absolute Gasteiger partial charge is 0.480 e. The number of ether oxygens (including phenoxy) is 1. The monoisotopic (exact) mass is 312 g/mol. The molecule has 0 radical (unpaired) electrons. The van der Waals surface area contributed by atoms with Crippen molar-refractivity contribution in [3.8, 4) is 0 Å². The highest BCUT2D eigenvalue weighted by Crippen LogP contribution is 2.25. The molecule has 1 atom stereocenters. The van der Waals surface area contributed by atoms with Crippen molar-refractivity contribution in [3.05, 3.63) is 0 Å². The van der Waals surface area contributed by atoms with Crippen molar-refractivity contribution in [2.24, 2.45) is 5.92 Å². The standard InChI is InChI=1S/C15H24N2O5/c1-10(2)16-8-11(7-13(16)18)15(21)17(9-14(19)20)12-3-5-22-6-4-12/h10-12H,3-9H2,1-2H3,(H,19,20)/t11-/m0/s1. The zero-order chi connectivity index (χ0) is 16.3. The van der Waals surface area contributed by atoms with Crippen molar-refractivity contribution in [1.82, 2.24) is 9.80 Å². The van der Waals surface area contributed by atoms with Crippen LogP contribution in [0.15, 0.2) is 0 Å². The van der Waals surface area contributed by atoms with Gasteiger partial charge in [0.1, 0.15) is 6.54 Å². The first-order chi connectivity index (χ1) is 10.4. The van der Waals surface area contributed by atoms with Gasteiger partial charge in [-0.05, 0) is 26.7 Å². The third-order valence-corrected chi connectivity index (χ3v) is 4.35. The number of nitrogens with zero attached hydrogens (tertiary/aromatic N) is 2. The second kappa shape index (κ2) is 7.09. The van der Waals surface area contributed by atoms with Gasteiger partial charge in [0.05, 0.1) is 5.92 Å². The fourth-order valence-corrected chi connectivity index (χ4v) is 3.16. The van der Waals surface area contributed by atoms with E-state index in [-0.39, 0.29) is 36.9 Å². The minimum absolute atomic E-state index is 0.0318. The minimum Gasteiger partial charge on any atom is -0.480 e. The van der Waals surface area contributed by atoms with E-state index in [9.17, 15) is 14.4 Å². The fraction of sp³-hybridized carbons (Fsp3) is 0.800. The molecule has 2 fully saturated rings. The third kappa shape index (κ3) is 3.76. The Morgan fingerprint density at radius 1 is 1.36 bits per heavy atom. The SMILES string of the molecule is CC(C)N1C[C@@H](C(=O)N(CC(=O)O)C2CCOCC2)CC1=O. The highest BCUT2D eigenvalue weighted by atomic mass is 16.5. The molecule has 0 unspecified atom stereocenters. The second-order valence-electron chi connectivity index (χ2n) is 6.24. The number of hydrogen-bond acceptors (Lipinski definition) is 4. The molecule has 124 valence electrons. The molecule has 0 aromatic rings. The molecule has 0 saturated carbocycles. The molecule has 2 aliphatic heterocycles. The molecule has 2 amide bonds. The lowest BCUT2D eigenvalue weighted by atomic mass is 10.0. The molecule has 2 saturated heterocycles. The maximum absolute atomic E-state index is 12.7. The van der Waals surface area contributed by atoms with E-state index in [4.69, 9.17) is 9.84 Å². The van der Waals surface area contributed by atoms with Crippen LogP contribution in [0.25, 0.3) is 0 Å². The molecule has 0 bridgehead atoms. The Hall–Kier alpha value is -1.63. The summed E-state index contributed by atoms with van der Waals surface area (Å²) in [6.45, 7) is 4.98. The molecular formula is C15H24N2O5. The summed E-state index contributed by atoms with van der Waals surface area (Å²) >= 11 is 0. The van der Waals surface area contributed by atoms with Gasteiger partial charge in [0, 0.05) is 38.3 Å². The van der Waals surface area contributed by atoms with E-state index < -0.39 is 11.9 Å². The zero-order valence-corrected chi connectivity index (χ0v) is 13.2. The summed E-state index contributed by atoms with van der Waals surface area (Å²) in [7, 11) is 0. The van der Waals surface area contributed by atoms with Gasteiger partial charge in [-0.3, -0.25) is 14.4 Å². The molecule has 0 spiro atoms. The summed E-state index contributed by atoms with van der Waals surface area (Å²) in [5, 5.41) is 9.10. The van der Waals surface area contributed by atoms with Gasteiger partial charge in [-0.25, -0.2) is 0 Å². The van der Waals surface area contributed by atoms with E-state index >= 15 is 0 Å². The molecular weight excluding hydrogens is 288 g/mol. The van der Waals surface area contributed by atoms with Gasteiger partial charge < -0.3 is 19.6 Å². The summed E-state index contributed by atoms with van der Waals surface area (Å²) in [4.78, 5) is 38.9. The smallest absolute Gasteiger partial charge is 0.323 e. The van der Waals surface area contributed by atoms with Crippen LogP contribution in [0.1, 0.15) is 33.1 Å². The van der Waals surface area contributed by atoms with Crippen LogP contribution in [0, 0.1) is 5.92 Å². The Kier molecular flexibility index (Phi) is 5.39. The fourth-order valence-electron chi connectivity index (χ4n) is 3.16. The summed E-state index contributed by atoms with van der Waals surface area (Å²) in [6.07, 6.45) is 1.47. The number of rotatable bonds is 5. The van der Waals surface area contributed by atoms with E-state index in [1.807, 2.05) is 13.8 Å². The summed E-state index contributed by atoms with van der Waals surface area (Å²) in [5.41, 5.74) is 0. The predicted octanol–water partition coefficient (Wildman–Crippen LogP) is 0.336. The molecule has 0 aliphatic carbocycles. The quantitative estimate of drug-likeness (QED) is 0.791. The molecule has 7 heteroatoms. The maximum Gasteiger partial charge on any atom is 0.323 e. The second-order valence-corrected chi connectivity index (χ2v) is 6.24. The van der Waals surface area contributed by atoms with Gasteiger partial charge in [-0.2, -0.15) is 0 Å². The minimum atomic E-state index is -1.02. The van der Waals surface area contributed by atoms with Gasteiger partial charge in [-0.15, -0.1) is 0 Å². The molecule has 0 aromatic heterocycles. The number of carboxylic acid groups (broad SMARTS) is 1. The molecule has 0 aromatic carbocycles. The number of amides is 2. The van der Waals surface area contributed by atoms with Crippen LogP contribution in [0.2, 0.25) is 0 Å². The summed E-state index contributed by atoms with van der Waals surface area (Å²) in [5.74, 6) is -1.71. The zero-order valence-electron chi connectivity index (χ0n) is 13.2. The highest BCUT2D eigenvalue weighted by molar-refractivity contribution is 5.91. The first-order valence-corrected chi connectivity index (χ1v) is 7.79. The van der Waals surface area contributed by atoms with E-state index in [2.05, 4.69) is 0 Å². The van der Waals surface area contributed by atoms with Gasteiger partial charge in [0.2, 0.25) is 11.8 Å². The van der Waals surface area contributed by atoms with E-state index in [0.29, 0.717) is 32.6 Å². The van der Waals surface area contributed by atoms with E-state index in [1.165, 1.54) is 4.90 Å². The van der Waals surface area contributed by atoms with Gasteiger partial charge >= 0.3 is 5.97 Å². The van der Waals surface area contributed by atoms with Gasteiger partial charge in [0.25, 0.3) is 0 Å². The van der Waals surface area contributed by atoms with Crippen LogP contribution in [0.5, 0.6) is 0 Å². The topological polar surface area (TPSA) is 87.2 Å². The Morgan fingerprint density at radius 2 is 2.00 bits per heavy atom. The molecule has 1 N–H and O–H groups in total. The number of carbonyl (C=O) groups excluding carboxylic acids is 2. The summed E-state index contributed by atoms with van der Waals surface area (Å²) in [6, 6.07) is -0.0538. The Balaban J connectivity index is 2.08. The average Bonchev–Trinajstić information content (AvgIpc) is 2.87. The molecule has 22 heavy (non-hydrogen) atoms. The number of aliphatic carboxylic acids is 1. The first-order valence-electron chi connectivity index (χ1n) is 7.79. The van der Waals surface area contributed by atoms with Crippen LogP contribution < -0.4 is 0 Å². The van der Waals surface area contributed by atoms with Crippen LogP contribution >= 0.6 is 0 Å². The van der Waals surface area contributed by atoms with Crippen LogP contribution in [-0.2, 0) is 19.1 Å².